The zero-order chi connectivity index (χ0) is 19.4. The topological polar surface area (TPSA) is 94.8 Å². The van der Waals surface area contributed by atoms with Crippen LogP contribution in [0, 0.1) is 0 Å². The Hall–Kier alpha value is -3.19. The maximum Gasteiger partial charge on any atom is 0.290 e. The van der Waals surface area contributed by atoms with Crippen LogP contribution in [-0.4, -0.2) is 26.8 Å². The van der Waals surface area contributed by atoms with Crippen molar-refractivity contribution in [1.82, 2.24) is 10.4 Å². The monoisotopic (exact) mass is 381 g/mol. The second-order valence-electron chi connectivity index (χ2n) is 5.93. The Morgan fingerprint density at radius 2 is 1.93 bits per heavy atom. The van der Waals surface area contributed by atoms with Crippen molar-refractivity contribution in [3.63, 3.8) is 0 Å². The molecule has 0 atom stereocenters. The fraction of sp³-hybridized carbons (Fsp3) is 0.150. The lowest BCUT2D eigenvalue weighted by Gasteiger charge is -2.05. The van der Waals surface area contributed by atoms with E-state index in [1.54, 1.807) is 12.3 Å². The number of aromatic nitrogens is 1. The Kier molecular flexibility index (Phi) is 5.52. The molecular formula is C20H19N3O3S. The number of hydrogen-bond donors (Lipinski definition) is 3. The number of amides is 1. The second-order valence-corrected chi connectivity index (χ2v) is 6.79. The minimum Gasteiger partial charge on any atom is -0.508 e. The van der Waals surface area contributed by atoms with E-state index in [1.807, 2.05) is 24.3 Å². The van der Waals surface area contributed by atoms with Crippen molar-refractivity contribution in [1.29, 1.82) is 0 Å². The van der Waals surface area contributed by atoms with Crippen LogP contribution in [0.4, 0.5) is 0 Å². The van der Waals surface area contributed by atoms with Gasteiger partial charge in [0.25, 0.3) is 5.91 Å². The van der Waals surface area contributed by atoms with Gasteiger partial charge in [0.05, 0.1) is 5.71 Å². The van der Waals surface area contributed by atoms with Gasteiger partial charge in [-0.2, -0.15) is 5.10 Å². The Morgan fingerprint density at radius 3 is 2.59 bits per heavy atom. The predicted molar refractivity (Wildman–Crippen MR) is 106 cm³/mol. The summed E-state index contributed by atoms with van der Waals surface area (Å²) in [6.07, 6.45) is 0.972. The van der Waals surface area contributed by atoms with E-state index in [0.29, 0.717) is 11.3 Å². The number of nitrogens with zero attached hydrogens (tertiary/aromatic N) is 2. The Morgan fingerprint density at radius 1 is 1.19 bits per heavy atom. The van der Waals surface area contributed by atoms with Crippen molar-refractivity contribution in [2.75, 3.05) is 0 Å². The lowest BCUT2D eigenvalue weighted by molar-refractivity contribution is 0.0950. The molecule has 0 saturated heterocycles. The van der Waals surface area contributed by atoms with Gasteiger partial charge in [0.1, 0.15) is 22.2 Å². The van der Waals surface area contributed by atoms with Crippen LogP contribution < -0.4 is 5.43 Å². The number of aromatic hydroxyl groups is 2. The standard InChI is InChI=1S/C20H19N3O3S/c1-3-13-4-6-14(7-5-13)20-21-17(11-27-20)19(26)23-22-12(2)16-9-8-15(24)10-18(16)25/h4-11,24-25H,3H2,1-2H3,(H,23,26)/b22-12+. The molecule has 1 aromatic heterocycles. The Labute approximate surface area is 160 Å². The largest absolute Gasteiger partial charge is 0.508 e. The number of thiazole rings is 1. The predicted octanol–water partition coefficient (Wildman–Crippen LogP) is 3.94. The smallest absolute Gasteiger partial charge is 0.290 e. The lowest BCUT2D eigenvalue weighted by Crippen LogP contribution is -2.19. The molecule has 1 heterocycles. The maximum absolute atomic E-state index is 12.3. The quantitative estimate of drug-likeness (QED) is 0.461. The second kappa shape index (κ2) is 8.01. The fourth-order valence-corrected chi connectivity index (χ4v) is 3.28. The van der Waals surface area contributed by atoms with Gasteiger partial charge < -0.3 is 10.2 Å². The lowest BCUT2D eigenvalue weighted by atomic mass is 10.1. The molecule has 0 saturated carbocycles. The fourth-order valence-electron chi connectivity index (χ4n) is 2.47. The molecule has 0 aliphatic heterocycles. The molecule has 27 heavy (non-hydrogen) atoms. The third kappa shape index (κ3) is 4.32. The summed E-state index contributed by atoms with van der Waals surface area (Å²) in [4.78, 5) is 16.7. The molecule has 2 aromatic carbocycles. The molecule has 0 unspecified atom stereocenters. The van der Waals surface area contributed by atoms with Crippen molar-refractivity contribution in [3.05, 3.63) is 64.7 Å². The van der Waals surface area contributed by atoms with Crippen LogP contribution >= 0.6 is 11.3 Å². The average molecular weight is 381 g/mol. The number of aryl methyl sites for hydroxylation is 1. The molecule has 0 bridgehead atoms. The van der Waals surface area contributed by atoms with E-state index in [0.717, 1.165) is 17.0 Å². The number of hydrazone groups is 1. The number of nitrogens with one attached hydrogen (secondary N) is 1. The first kappa shape index (κ1) is 18.6. The van der Waals surface area contributed by atoms with Gasteiger partial charge in [0.15, 0.2) is 0 Å². The highest BCUT2D eigenvalue weighted by Gasteiger charge is 2.12. The van der Waals surface area contributed by atoms with Gasteiger partial charge in [-0.1, -0.05) is 31.2 Å². The summed E-state index contributed by atoms with van der Waals surface area (Å²) in [7, 11) is 0. The summed E-state index contributed by atoms with van der Waals surface area (Å²) in [5.41, 5.74) is 5.76. The van der Waals surface area contributed by atoms with E-state index >= 15 is 0 Å². The van der Waals surface area contributed by atoms with Crippen molar-refractivity contribution in [2.45, 2.75) is 20.3 Å². The first-order valence-electron chi connectivity index (χ1n) is 8.39. The van der Waals surface area contributed by atoms with E-state index in [1.165, 1.54) is 35.1 Å². The number of phenols is 2. The molecule has 138 valence electrons. The van der Waals surface area contributed by atoms with E-state index in [9.17, 15) is 15.0 Å². The van der Waals surface area contributed by atoms with Crippen LogP contribution in [0.2, 0.25) is 0 Å². The SMILES string of the molecule is CCc1ccc(-c2nc(C(=O)N/N=C(\C)c3ccc(O)cc3O)cs2)cc1. The van der Waals surface area contributed by atoms with Gasteiger partial charge in [-0.15, -0.1) is 11.3 Å². The minimum absolute atomic E-state index is 0.0462. The minimum atomic E-state index is -0.430. The van der Waals surface area contributed by atoms with Gasteiger partial charge in [0.2, 0.25) is 0 Å². The van der Waals surface area contributed by atoms with E-state index in [2.05, 4.69) is 22.4 Å². The van der Waals surface area contributed by atoms with Gasteiger partial charge >= 0.3 is 0 Å². The van der Waals surface area contributed by atoms with Crippen LogP contribution in [0.5, 0.6) is 11.5 Å². The van der Waals surface area contributed by atoms with Gasteiger partial charge in [0, 0.05) is 22.6 Å². The zero-order valence-electron chi connectivity index (χ0n) is 14.9. The third-order valence-electron chi connectivity index (χ3n) is 4.04. The maximum atomic E-state index is 12.3. The molecule has 1 amide bonds. The highest BCUT2D eigenvalue weighted by Crippen LogP contribution is 2.25. The zero-order valence-corrected chi connectivity index (χ0v) is 15.7. The number of carbonyl (C=O) groups is 1. The number of carbonyl (C=O) groups excluding carboxylic acids is 1. The van der Waals surface area contributed by atoms with Crippen LogP contribution in [0.3, 0.4) is 0 Å². The molecule has 3 aromatic rings. The van der Waals surface area contributed by atoms with E-state index in [-0.39, 0.29) is 17.2 Å². The first-order valence-corrected chi connectivity index (χ1v) is 9.27. The summed E-state index contributed by atoms with van der Waals surface area (Å²) in [6.45, 7) is 3.75. The normalized spacial score (nSPS) is 11.4. The highest BCUT2D eigenvalue weighted by molar-refractivity contribution is 7.13. The summed E-state index contributed by atoms with van der Waals surface area (Å²) in [5.74, 6) is -0.590. The molecule has 3 N–H and O–H groups in total. The van der Waals surface area contributed by atoms with Crippen LogP contribution in [0.25, 0.3) is 10.6 Å². The third-order valence-corrected chi connectivity index (χ3v) is 4.93. The Balaban J connectivity index is 1.72. The number of phenolic OH excluding ortho intramolecular Hbond substituents is 2. The van der Waals surface area contributed by atoms with Gasteiger partial charge in [-0.05, 0) is 31.0 Å². The molecular weight excluding hydrogens is 362 g/mol. The molecule has 0 fully saturated rings. The Bertz CT molecular complexity index is 994. The highest BCUT2D eigenvalue weighted by atomic mass is 32.1. The van der Waals surface area contributed by atoms with Crippen molar-refractivity contribution in [3.8, 4) is 22.1 Å². The van der Waals surface area contributed by atoms with Crippen molar-refractivity contribution < 1.29 is 15.0 Å². The van der Waals surface area contributed by atoms with Gasteiger partial charge in [-0.3, -0.25) is 4.79 Å². The number of rotatable bonds is 5. The first-order chi connectivity index (χ1) is 13.0. The summed E-state index contributed by atoms with van der Waals surface area (Å²) in [5, 5.41) is 25.6. The molecule has 7 heteroatoms. The van der Waals surface area contributed by atoms with Gasteiger partial charge in [-0.25, -0.2) is 10.4 Å². The van der Waals surface area contributed by atoms with Crippen molar-refractivity contribution in [2.24, 2.45) is 5.10 Å². The molecule has 0 spiro atoms. The van der Waals surface area contributed by atoms with E-state index in [4.69, 9.17) is 0 Å². The van der Waals surface area contributed by atoms with Crippen LogP contribution in [0.15, 0.2) is 52.9 Å². The van der Waals surface area contributed by atoms with Crippen LogP contribution in [-0.2, 0) is 6.42 Å². The van der Waals surface area contributed by atoms with Crippen molar-refractivity contribution >= 4 is 23.0 Å². The molecule has 0 aliphatic carbocycles. The average Bonchev–Trinajstić information content (AvgIpc) is 3.16. The summed E-state index contributed by atoms with van der Waals surface area (Å²) in [6, 6.07) is 12.3. The summed E-state index contributed by atoms with van der Waals surface area (Å²) >= 11 is 1.39. The molecule has 3 rings (SSSR count). The number of hydrogen-bond acceptors (Lipinski definition) is 6. The van der Waals surface area contributed by atoms with E-state index < -0.39 is 5.91 Å². The molecule has 0 aliphatic rings. The molecule has 6 nitrogen and oxygen atoms in total. The molecule has 0 radical (unpaired) electrons. The number of benzene rings is 2. The van der Waals surface area contributed by atoms with Crippen LogP contribution in [0.1, 0.15) is 35.5 Å². The summed E-state index contributed by atoms with van der Waals surface area (Å²) < 4.78 is 0.